The molecule has 1 aromatic carbocycles. The quantitative estimate of drug-likeness (QED) is 0.112. The van der Waals surface area contributed by atoms with Gasteiger partial charge in [-0.2, -0.15) is 0 Å². The lowest BCUT2D eigenvalue weighted by molar-refractivity contribution is 0.103. The number of halogens is 1. The largest absolute Gasteiger partial charge is 0.507 e. The molecule has 4 aromatic rings. The first-order valence-electron chi connectivity index (χ1n) is 14.8. The lowest BCUT2D eigenvalue weighted by Crippen LogP contribution is -2.13. The van der Waals surface area contributed by atoms with Crippen LogP contribution in [0.4, 0.5) is 10.1 Å². The van der Waals surface area contributed by atoms with E-state index in [0.717, 1.165) is 61.6 Å². The van der Waals surface area contributed by atoms with Gasteiger partial charge in [-0.25, -0.2) is 23.6 Å². The molecule has 4 heterocycles. The summed E-state index contributed by atoms with van der Waals surface area (Å²) in [6, 6.07) is 4.58. The van der Waals surface area contributed by atoms with E-state index in [1.807, 2.05) is 6.07 Å². The molecule has 224 valence electrons. The topological polar surface area (TPSA) is 107 Å². The fourth-order valence-electron chi connectivity index (χ4n) is 4.28. The molecule has 0 atom stereocenters. The fraction of sp³-hybridized carbons (Fsp3) is 0.438. The van der Waals surface area contributed by atoms with Crippen LogP contribution in [0.2, 0.25) is 0 Å². The molecule has 0 amide bonds. The smallest absolute Gasteiger partial charge is 0.202 e. The highest BCUT2D eigenvalue weighted by Gasteiger charge is 2.27. The summed E-state index contributed by atoms with van der Waals surface area (Å²) < 4.78 is 20.5. The molecule has 6 rings (SSSR count). The highest BCUT2D eigenvalue weighted by Crippen LogP contribution is 2.38. The van der Waals surface area contributed by atoms with E-state index >= 15 is 4.39 Å². The van der Waals surface area contributed by atoms with Crippen molar-refractivity contribution in [3.8, 4) is 16.9 Å². The van der Waals surface area contributed by atoms with Crippen LogP contribution >= 0.6 is 12.1 Å². The summed E-state index contributed by atoms with van der Waals surface area (Å²) in [4.78, 5) is 29.7. The predicted octanol–water partition coefficient (Wildman–Crippen LogP) is 8.12. The summed E-state index contributed by atoms with van der Waals surface area (Å²) in [6.45, 7) is 12.6. The Labute approximate surface area is 251 Å². The first-order chi connectivity index (χ1) is 20.2. The van der Waals surface area contributed by atoms with Crippen molar-refractivity contribution in [2.75, 3.05) is 17.8 Å². The summed E-state index contributed by atoms with van der Waals surface area (Å²) in [5.41, 5.74) is 2.02. The number of aromatic nitrogens is 4. The van der Waals surface area contributed by atoms with Gasteiger partial charge in [0, 0.05) is 78.0 Å². The number of carbonyl (C=O) groups is 1. The molecule has 0 radical (unpaired) electrons. The minimum atomic E-state index is -0.788. The molecule has 1 saturated heterocycles. The molecule has 42 heavy (non-hydrogen) atoms. The van der Waals surface area contributed by atoms with E-state index in [1.165, 1.54) is 36.9 Å². The molecule has 1 saturated carbocycles. The van der Waals surface area contributed by atoms with E-state index in [4.69, 9.17) is 0 Å². The standard InChI is InChI=1S/C25H23FN6O2S.C4H10.C3H8/c26-22-19(31-35-32-7-1-2-8-32)5-6-20(33)21(22)23(34)18-13-30-25-17(18)9-15(10-29-25)16-11-27-24(28-12-16)14-3-4-14;1-4(2)3;1-3-2/h5-6,9-14,31,33H,1-4,7-8H2,(H,29,30);4H,1-3H3;3H2,1-2H3. The van der Waals surface area contributed by atoms with E-state index in [1.54, 1.807) is 18.6 Å². The van der Waals surface area contributed by atoms with Crippen LogP contribution in [0.5, 0.6) is 5.75 Å². The monoisotopic (exact) mass is 592 g/mol. The van der Waals surface area contributed by atoms with Crippen LogP contribution in [0.25, 0.3) is 22.2 Å². The third kappa shape index (κ3) is 7.86. The van der Waals surface area contributed by atoms with E-state index in [9.17, 15) is 9.90 Å². The molecule has 3 aromatic heterocycles. The first kappa shape index (κ1) is 31.4. The van der Waals surface area contributed by atoms with E-state index < -0.39 is 17.3 Å². The average molecular weight is 593 g/mol. The van der Waals surface area contributed by atoms with Gasteiger partial charge in [-0.1, -0.05) is 41.0 Å². The minimum absolute atomic E-state index is 0.148. The Hall–Kier alpha value is -3.50. The summed E-state index contributed by atoms with van der Waals surface area (Å²) in [5.74, 6) is 0.319. The van der Waals surface area contributed by atoms with Gasteiger partial charge in [0.2, 0.25) is 5.78 Å². The Balaban J connectivity index is 0.000000526. The number of aromatic hydroxyl groups is 1. The highest BCUT2D eigenvalue weighted by molar-refractivity contribution is 7.98. The van der Waals surface area contributed by atoms with Gasteiger partial charge < -0.3 is 14.8 Å². The van der Waals surface area contributed by atoms with Crippen LogP contribution in [0, 0.1) is 11.7 Å². The number of phenolic OH excluding ortho intramolecular Hbond substituents is 1. The number of fused-ring (bicyclic) bond motifs is 1. The normalized spacial score (nSPS) is 14.7. The van der Waals surface area contributed by atoms with Crippen molar-refractivity contribution in [2.24, 2.45) is 5.92 Å². The predicted molar refractivity (Wildman–Crippen MR) is 169 cm³/mol. The van der Waals surface area contributed by atoms with Crippen molar-refractivity contribution in [1.29, 1.82) is 0 Å². The van der Waals surface area contributed by atoms with Crippen LogP contribution in [-0.4, -0.2) is 48.2 Å². The number of benzene rings is 1. The summed E-state index contributed by atoms with van der Waals surface area (Å²) in [5, 5.41) is 10.9. The van der Waals surface area contributed by atoms with Gasteiger partial charge in [-0.3, -0.25) is 4.79 Å². The SMILES string of the molecule is CC(C)C.CCC.O=C(c1c(O)ccc(NSN2CCCC2)c1F)c1c[nH]c2ncc(-c3cnc(C4CC4)nc3)cc12. The number of rotatable bonds is 7. The van der Waals surface area contributed by atoms with Crippen molar-refractivity contribution < 1.29 is 14.3 Å². The number of ketones is 1. The number of phenols is 1. The Morgan fingerprint density at radius 2 is 1.71 bits per heavy atom. The molecule has 0 spiro atoms. The van der Waals surface area contributed by atoms with Gasteiger partial charge in [0.1, 0.15) is 22.8 Å². The number of anilines is 1. The van der Waals surface area contributed by atoms with Gasteiger partial charge in [0.25, 0.3) is 0 Å². The maximum absolute atomic E-state index is 15.4. The molecule has 3 N–H and O–H groups in total. The zero-order valence-corrected chi connectivity index (χ0v) is 25.9. The van der Waals surface area contributed by atoms with Crippen molar-refractivity contribution in [3.05, 3.63) is 65.8 Å². The first-order valence-corrected chi connectivity index (χ1v) is 15.5. The number of hydrogen-bond acceptors (Lipinski definition) is 8. The van der Waals surface area contributed by atoms with Crippen LogP contribution in [0.15, 0.2) is 43.0 Å². The number of nitrogens with one attached hydrogen (secondary N) is 2. The lowest BCUT2D eigenvalue weighted by Gasteiger charge is -2.16. The number of aromatic amines is 1. The molecule has 8 nitrogen and oxygen atoms in total. The molecule has 1 aliphatic carbocycles. The van der Waals surface area contributed by atoms with Gasteiger partial charge in [0.05, 0.1) is 5.69 Å². The van der Waals surface area contributed by atoms with Crippen LogP contribution < -0.4 is 4.72 Å². The molecule has 1 aliphatic heterocycles. The second-order valence-corrected chi connectivity index (χ2v) is 12.2. The zero-order chi connectivity index (χ0) is 30.2. The molecule has 2 fully saturated rings. The number of nitrogens with zero attached hydrogens (tertiary/aromatic N) is 4. The third-order valence-corrected chi connectivity index (χ3v) is 7.35. The Bertz CT molecular complexity index is 1480. The van der Waals surface area contributed by atoms with E-state index in [2.05, 4.69) is 63.6 Å². The summed E-state index contributed by atoms with van der Waals surface area (Å²) >= 11 is 1.31. The van der Waals surface area contributed by atoms with Crippen molar-refractivity contribution in [3.63, 3.8) is 0 Å². The van der Waals surface area contributed by atoms with Crippen molar-refractivity contribution in [2.45, 2.75) is 72.6 Å². The maximum Gasteiger partial charge on any atom is 0.202 e. The highest BCUT2D eigenvalue weighted by atomic mass is 32.2. The molecule has 10 heteroatoms. The average Bonchev–Trinajstić information content (AvgIpc) is 3.51. The Morgan fingerprint density at radius 1 is 1.10 bits per heavy atom. The van der Waals surface area contributed by atoms with Crippen LogP contribution in [0.3, 0.4) is 0 Å². The Kier molecular flexibility index (Phi) is 10.9. The second kappa shape index (κ2) is 14.6. The van der Waals surface area contributed by atoms with Gasteiger partial charge >= 0.3 is 0 Å². The number of pyridine rings is 1. The van der Waals surface area contributed by atoms with E-state index in [-0.39, 0.29) is 16.8 Å². The molecule has 0 bridgehead atoms. The number of carbonyl (C=O) groups excluding carboxylic acids is 1. The zero-order valence-electron chi connectivity index (χ0n) is 25.1. The maximum atomic E-state index is 15.4. The number of H-pyrrole nitrogens is 1. The minimum Gasteiger partial charge on any atom is -0.507 e. The second-order valence-electron chi connectivity index (χ2n) is 11.3. The van der Waals surface area contributed by atoms with Crippen LogP contribution in [0.1, 0.15) is 94.4 Å². The van der Waals surface area contributed by atoms with Gasteiger partial charge in [-0.05, 0) is 49.8 Å². The summed E-state index contributed by atoms with van der Waals surface area (Å²) in [6.07, 6.45) is 12.4. The fourth-order valence-corrected chi connectivity index (χ4v) is 5.10. The molecule has 2 aliphatic rings. The third-order valence-electron chi connectivity index (χ3n) is 6.42. The molecular weight excluding hydrogens is 551 g/mol. The number of hydrogen-bond donors (Lipinski definition) is 3. The molecular formula is C32H41FN6O2S. The molecule has 0 unspecified atom stereocenters. The van der Waals surface area contributed by atoms with E-state index in [0.29, 0.717) is 17.0 Å². The van der Waals surface area contributed by atoms with Gasteiger partial charge in [-0.15, -0.1) is 0 Å². The lowest BCUT2D eigenvalue weighted by atomic mass is 10.00. The Morgan fingerprint density at radius 3 is 2.33 bits per heavy atom. The van der Waals surface area contributed by atoms with Crippen molar-refractivity contribution >= 4 is 34.6 Å². The van der Waals surface area contributed by atoms with Crippen LogP contribution in [-0.2, 0) is 0 Å². The van der Waals surface area contributed by atoms with Crippen molar-refractivity contribution in [1.82, 2.24) is 24.2 Å². The summed E-state index contributed by atoms with van der Waals surface area (Å²) in [7, 11) is 0. The van der Waals surface area contributed by atoms with Gasteiger partial charge in [0.15, 0.2) is 5.82 Å².